The average molecular weight is 419 g/mol. The van der Waals surface area contributed by atoms with Crippen LogP contribution in [0, 0.1) is 13.8 Å². The second kappa shape index (κ2) is 9.45. The van der Waals surface area contributed by atoms with Crippen molar-refractivity contribution in [2.75, 3.05) is 46.3 Å². The first-order valence-electron chi connectivity index (χ1n) is 10.8. The van der Waals surface area contributed by atoms with E-state index in [0.717, 1.165) is 54.8 Å². The number of hydrogen-bond acceptors (Lipinski definition) is 5. The van der Waals surface area contributed by atoms with E-state index in [1.165, 1.54) is 11.1 Å². The maximum absolute atomic E-state index is 12.4. The fraction of sp³-hybridized carbons (Fsp3) is 0.360. The Hall–Kier alpha value is -2.96. The number of rotatable bonds is 5. The predicted octanol–water partition coefficient (Wildman–Crippen LogP) is 3.85. The van der Waals surface area contributed by atoms with Crippen LogP contribution in [0.25, 0.3) is 22.0 Å². The van der Waals surface area contributed by atoms with Crippen molar-refractivity contribution in [3.63, 3.8) is 0 Å². The summed E-state index contributed by atoms with van der Waals surface area (Å²) >= 11 is 0. The van der Waals surface area contributed by atoms with Gasteiger partial charge in [-0.3, -0.25) is 9.88 Å². The third kappa shape index (κ3) is 4.86. The van der Waals surface area contributed by atoms with Crippen molar-refractivity contribution in [2.45, 2.75) is 13.8 Å². The van der Waals surface area contributed by atoms with Crippen LogP contribution in [-0.4, -0.2) is 67.2 Å². The molecule has 1 aliphatic heterocycles. The van der Waals surface area contributed by atoms with E-state index in [4.69, 9.17) is 4.74 Å². The number of piperazine rings is 1. The number of hydrogen-bond donors (Lipinski definition) is 1. The van der Waals surface area contributed by atoms with Crippen molar-refractivity contribution in [3.05, 3.63) is 59.8 Å². The summed E-state index contributed by atoms with van der Waals surface area (Å²) < 4.78 is 5.64. The minimum absolute atomic E-state index is 0.444. The molecule has 6 nitrogen and oxygen atoms in total. The van der Waals surface area contributed by atoms with Gasteiger partial charge in [-0.2, -0.15) is 0 Å². The van der Waals surface area contributed by atoms with Gasteiger partial charge in [-0.1, -0.05) is 42.5 Å². The van der Waals surface area contributed by atoms with Gasteiger partial charge in [0.15, 0.2) is 5.75 Å². The topological polar surface area (TPSA) is 57.7 Å². The first-order valence-corrected chi connectivity index (χ1v) is 10.8. The summed E-state index contributed by atoms with van der Waals surface area (Å²) in [6.07, 6.45) is 1.21. The van der Waals surface area contributed by atoms with Crippen LogP contribution in [0.2, 0.25) is 0 Å². The standard InChI is InChI=1S/C25H30N4O2/c1-18-7-6-10-20(19(18)2)24-22-9-5-4-8-21(22)23(17-27-24)31-25(30)26-11-12-29-15-13-28(3)14-16-29/h4-10,17H,11-16H2,1-3H3,(H,26,30). The van der Waals surface area contributed by atoms with Crippen LogP contribution in [0.15, 0.2) is 48.7 Å². The Morgan fingerprint density at radius 2 is 1.77 bits per heavy atom. The van der Waals surface area contributed by atoms with Gasteiger partial charge in [0, 0.05) is 55.6 Å². The maximum Gasteiger partial charge on any atom is 0.412 e. The number of carbonyl (C=O) groups is 1. The van der Waals surface area contributed by atoms with Gasteiger partial charge in [0.25, 0.3) is 0 Å². The number of benzene rings is 2. The van der Waals surface area contributed by atoms with E-state index in [-0.39, 0.29) is 0 Å². The summed E-state index contributed by atoms with van der Waals surface area (Å²) in [4.78, 5) is 21.8. The van der Waals surface area contributed by atoms with Gasteiger partial charge in [0.1, 0.15) is 0 Å². The molecule has 4 rings (SSSR count). The predicted molar refractivity (Wildman–Crippen MR) is 125 cm³/mol. The second-order valence-corrected chi connectivity index (χ2v) is 8.23. The first-order chi connectivity index (χ1) is 15.0. The highest BCUT2D eigenvalue weighted by molar-refractivity contribution is 5.99. The van der Waals surface area contributed by atoms with Crippen molar-refractivity contribution in [2.24, 2.45) is 0 Å². The van der Waals surface area contributed by atoms with Gasteiger partial charge in [0.2, 0.25) is 0 Å². The van der Waals surface area contributed by atoms with E-state index in [9.17, 15) is 4.79 Å². The van der Waals surface area contributed by atoms with Gasteiger partial charge < -0.3 is 15.0 Å². The SMILES string of the molecule is Cc1cccc(-c2ncc(OC(=O)NCCN3CCN(C)CC3)c3ccccc23)c1C. The van der Waals surface area contributed by atoms with Gasteiger partial charge >= 0.3 is 6.09 Å². The van der Waals surface area contributed by atoms with Crippen molar-refractivity contribution >= 4 is 16.9 Å². The fourth-order valence-electron chi connectivity index (χ4n) is 3.99. The number of nitrogens with zero attached hydrogens (tertiary/aromatic N) is 3. The van der Waals surface area contributed by atoms with Gasteiger partial charge in [0.05, 0.1) is 11.9 Å². The number of nitrogens with one attached hydrogen (secondary N) is 1. The Morgan fingerprint density at radius 1 is 1.03 bits per heavy atom. The van der Waals surface area contributed by atoms with Crippen molar-refractivity contribution < 1.29 is 9.53 Å². The van der Waals surface area contributed by atoms with E-state index >= 15 is 0 Å². The largest absolute Gasteiger partial charge is 0.412 e. The molecule has 2 aromatic carbocycles. The Kier molecular flexibility index (Phi) is 6.49. The van der Waals surface area contributed by atoms with E-state index < -0.39 is 6.09 Å². The summed E-state index contributed by atoms with van der Waals surface area (Å²) in [6, 6.07) is 14.2. The van der Waals surface area contributed by atoms with Crippen LogP contribution < -0.4 is 10.1 Å². The average Bonchev–Trinajstić information content (AvgIpc) is 2.78. The van der Waals surface area contributed by atoms with E-state index in [2.05, 4.69) is 53.1 Å². The summed E-state index contributed by atoms with van der Waals surface area (Å²) in [7, 11) is 2.14. The number of pyridine rings is 1. The number of carbonyl (C=O) groups excluding carboxylic acids is 1. The lowest BCUT2D eigenvalue weighted by Gasteiger charge is -2.32. The smallest absolute Gasteiger partial charge is 0.408 e. The van der Waals surface area contributed by atoms with E-state index in [1.54, 1.807) is 6.20 Å². The van der Waals surface area contributed by atoms with Crippen LogP contribution in [-0.2, 0) is 0 Å². The molecule has 1 aromatic heterocycles. The molecule has 31 heavy (non-hydrogen) atoms. The molecule has 0 unspecified atom stereocenters. The van der Waals surface area contributed by atoms with Crippen LogP contribution in [0.3, 0.4) is 0 Å². The minimum Gasteiger partial charge on any atom is -0.408 e. The molecule has 0 bridgehead atoms. The number of amides is 1. The van der Waals surface area contributed by atoms with Gasteiger partial charge in [-0.15, -0.1) is 0 Å². The molecule has 1 saturated heterocycles. The Labute approximate surface area is 183 Å². The normalized spacial score (nSPS) is 15.2. The molecular weight excluding hydrogens is 388 g/mol. The number of aromatic nitrogens is 1. The number of likely N-dealkylation sites (N-methyl/N-ethyl adjacent to an activating group) is 1. The molecular formula is C25H30N4O2. The molecule has 1 amide bonds. The number of fused-ring (bicyclic) bond motifs is 1. The Bertz CT molecular complexity index is 1070. The van der Waals surface area contributed by atoms with Gasteiger partial charge in [-0.25, -0.2) is 4.79 Å². The minimum atomic E-state index is -0.444. The fourth-order valence-corrected chi connectivity index (χ4v) is 3.99. The molecule has 0 aliphatic carbocycles. The lowest BCUT2D eigenvalue weighted by Crippen LogP contribution is -2.47. The second-order valence-electron chi connectivity index (χ2n) is 8.23. The highest BCUT2D eigenvalue weighted by atomic mass is 16.6. The monoisotopic (exact) mass is 418 g/mol. The number of aryl methyl sites for hydroxylation is 1. The first kappa shape index (κ1) is 21.3. The lowest BCUT2D eigenvalue weighted by atomic mass is 9.97. The van der Waals surface area contributed by atoms with Crippen LogP contribution >= 0.6 is 0 Å². The summed E-state index contributed by atoms with van der Waals surface area (Å²) in [5.74, 6) is 0.474. The lowest BCUT2D eigenvalue weighted by molar-refractivity contribution is 0.152. The summed E-state index contributed by atoms with van der Waals surface area (Å²) in [6.45, 7) is 9.79. The molecule has 1 fully saturated rings. The molecule has 0 atom stereocenters. The molecule has 3 aromatic rings. The molecule has 0 saturated carbocycles. The van der Waals surface area contributed by atoms with Crippen LogP contribution in [0.4, 0.5) is 4.79 Å². The van der Waals surface area contributed by atoms with E-state index in [1.807, 2.05) is 30.3 Å². The third-order valence-corrected chi connectivity index (χ3v) is 6.11. The van der Waals surface area contributed by atoms with Gasteiger partial charge in [-0.05, 0) is 32.0 Å². The third-order valence-electron chi connectivity index (χ3n) is 6.11. The van der Waals surface area contributed by atoms with Crippen LogP contribution in [0.5, 0.6) is 5.75 Å². The molecule has 6 heteroatoms. The summed E-state index contributed by atoms with van der Waals surface area (Å²) in [5, 5.41) is 4.72. The molecule has 162 valence electrons. The van der Waals surface area contributed by atoms with Crippen molar-refractivity contribution in [1.82, 2.24) is 20.1 Å². The Morgan fingerprint density at radius 3 is 2.55 bits per heavy atom. The molecule has 1 aliphatic rings. The highest BCUT2D eigenvalue weighted by Gasteiger charge is 2.16. The quantitative estimate of drug-likeness (QED) is 0.682. The molecule has 2 heterocycles. The van der Waals surface area contributed by atoms with Crippen LogP contribution in [0.1, 0.15) is 11.1 Å². The van der Waals surface area contributed by atoms with E-state index in [0.29, 0.717) is 12.3 Å². The maximum atomic E-state index is 12.4. The number of ether oxygens (including phenoxy) is 1. The summed E-state index contributed by atoms with van der Waals surface area (Å²) in [5.41, 5.74) is 4.43. The van der Waals surface area contributed by atoms with Crippen molar-refractivity contribution in [1.29, 1.82) is 0 Å². The zero-order valence-corrected chi connectivity index (χ0v) is 18.5. The highest BCUT2D eigenvalue weighted by Crippen LogP contribution is 2.34. The van der Waals surface area contributed by atoms with Crippen molar-refractivity contribution in [3.8, 4) is 17.0 Å². The molecule has 0 spiro atoms. The zero-order valence-electron chi connectivity index (χ0n) is 18.5. The zero-order chi connectivity index (χ0) is 21.8. The molecule has 1 N–H and O–H groups in total. The molecule has 0 radical (unpaired) electrons. The Balaban J connectivity index is 1.47.